The van der Waals surface area contributed by atoms with E-state index in [2.05, 4.69) is 4.90 Å². The Labute approximate surface area is 93.9 Å². The Balaban J connectivity index is 2.16. The standard InChI is InChI=1S/C9H15NO2S2/c11-8(12)4-7-14-9(13)10-5-2-1-3-6-10/h1-7H2,(H,11,12). The minimum Gasteiger partial charge on any atom is -0.481 e. The van der Waals surface area contributed by atoms with Crippen molar-refractivity contribution in [3.05, 3.63) is 0 Å². The number of aliphatic carboxylic acids is 1. The SMILES string of the molecule is O=C(O)CCSC(=S)N1CCCCC1. The average Bonchev–Trinajstić information content (AvgIpc) is 2.18. The van der Waals surface area contributed by atoms with Crippen LogP contribution < -0.4 is 0 Å². The van der Waals surface area contributed by atoms with Crippen LogP contribution in [-0.2, 0) is 4.79 Å². The van der Waals surface area contributed by atoms with E-state index in [-0.39, 0.29) is 6.42 Å². The summed E-state index contributed by atoms with van der Waals surface area (Å²) in [6.45, 7) is 2.08. The number of piperidine rings is 1. The summed E-state index contributed by atoms with van der Waals surface area (Å²) in [5.74, 6) is -0.163. The molecule has 0 bridgehead atoms. The highest BCUT2D eigenvalue weighted by atomic mass is 32.2. The van der Waals surface area contributed by atoms with Crippen LogP contribution in [0.15, 0.2) is 0 Å². The van der Waals surface area contributed by atoms with E-state index in [1.807, 2.05) is 0 Å². The van der Waals surface area contributed by atoms with E-state index < -0.39 is 5.97 Å². The topological polar surface area (TPSA) is 40.5 Å². The van der Waals surface area contributed by atoms with Crippen LogP contribution in [0.1, 0.15) is 25.7 Å². The number of thiocarbonyl (C=S) groups is 1. The Hall–Kier alpha value is -0.290. The highest BCUT2D eigenvalue weighted by molar-refractivity contribution is 8.22. The number of hydrogen-bond donors (Lipinski definition) is 1. The molecule has 1 fully saturated rings. The summed E-state index contributed by atoms with van der Waals surface area (Å²) in [4.78, 5) is 12.5. The lowest BCUT2D eigenvalue weighted by Crippen LogP contribution is -2.32. The quantitative estimate of drug-likeness (QED) is 0.755. The van der Waals surface area contributed by atoms with Gasteiger partial charge in [-0.05, 0) is 19.3 Å². The number of carboxylic acid groups (broad SMARTS) is 1. The zero-order chi connectivity index (χ0) is 10.4. The van der Waals surface area contributed by atoms with Gasteiger partial charge in [0.25, 0.3) is 0 Å². The first-order valence-corrected chi connectivity index (χ1v) is 6.23. The fourth-order valence-corrected chi connectivity index (χ4v) is 2.64. The van der Waals surface area contributed by atoms with E-state index in [9.17, 15) is 4.79 Å². The Kier molecular flexibility index (Phi) is 5.25. The lowest BCUT2D eigenvalue weighted by Gasteiger charge is -2.28. The first-order chi connectivity index (χ1) is 6.70. The number of carboxylic acids is 1. The van der Waals surface area contributed by atoms with Crippen molar-refractivity contribution in [3.63, 3.8) is 0 Å². The van der Waals surface area contributed by atoms with Gasteiger partial charge in [-0.3, -0.25) is 4.79 Å². The molecule has 1 saturated heterocycles. The minimum atomic E-state index is -0.751. The van der Waals surface area contributed by atoms with Crippen molar-refractivity contribution < 1.29 is 9.90 Å². The maximum Gasteiger partial charge on any atom is 0.304 e. The molecule has 0 unspecified atom stereocenters. The van der Waals surface area contributed by atoms with Gasteiger partial charge in [0.2, 0.25) is 0 Å². The summed E-state index contributed by atoms with van der Waals surface area (Å²) < 4.78 is 0.867. The lowest BCUT2D eigenvalue weighted by atomic mass is 10.1. The van der Waals surface area contributed by atoms with Gasteiger partial charge in [0, 0.05) is 18.8 Å². The van der Waals surface area contributed by atoms with Gasteiger partial charge in [-0.2, -0.15) is 0 Å². The van der Waals surface area contributed by atoms with Gasteiger partial charge in [-0.25, -0.2) is 0 Å². The summed E-state index contributed by atoms with van der Waals surface area (Å²) >= 11 is 6.71. The predicted molar refractivity (Wildman–Crippen MR) is 62.7 cm³/mol. The number of nitrogens with zero attached hydrogens (tertiary/aromatic N) is 1. The first-order valence-electron chi connectivity index (χ1n) is 4.83. The maximum atomic E-state index is 10.3. The molecule has 0 amide bonds. The molecule has 5 heteroatoms. The molecule has 1 rings (SSSR count). The van der Waals surface area contributed by atoms with Crippen molar-refractivity contribution in [1.82, 2.24) is 4.90 Å². The fraction of sp³-hybridized carbons (Fsp3) is 0.778. The van der Waals surface area contributed by atoms with Crippen LogP contribution in [-0.4, -0.2) is 39.1 Å². The molecule has 0 aromatic carbocycles. The number of thioether (sulfide) groups is 1. The number of hydrogen-bond acceptors (Lipinski definition) is 3. The molecule has 0 radical (unpaired) electrons. The first kappa shape index (κ1) is 11.8. The van der Waals surface area contributed by atoms with Gasteiger partial charge in [-0.15, -0.1) is 0 Å². The molecule has 0 aliphatic carbocycles. The Morgan fingerprint density at radius 2 is 2.00 bits per heavy atom. The highest BCUT2D eigenvalue weighted by Gasteiger charge is 2.13. The molecule has 3 nitrogen and oxygen atoms in total. The molecule has 80 valence electrons. The second-order valence-electron chi connectivity index (χ2n) is 3.31. The predicted octanol–water partition coefficient (Wildman–Crippen LogP) is 1.97. The lowest BCUT2D eigenvalue weighted by molar-refractivity contribution is -0.136. The summed E-state index contributed by atoms with van der Waals surface area (Å²) in [7, 11) is 0. The monoisotopic (exact) mass is 233 g/mol. The smallest absolute Gasteiger partial charge is 0.304 e. The molecular weight excluding hydrogens is 218 g/mol. The average molecular weight is 233 g/mol. The molecule has 0 saturated carbocycles. The number of likely N-dealkylation sites (tertiary alicyclic amines) is 1. The van der Waals surface area contributed by atoms with Gasteiger partial charge in [-0.1, -0.05) is 24.0 Å². The van der Waals surface area contributed by atoms with Crippen LogP contribution in [0.5, 0.6) is 0 Å². The number of rotatable bonds is 3. The van der Waals surface area contributed by atoms with Crippen molar-refractivity contribution in [2.75, 3.05) is 18.8 Å². The molecule has 0 aromatic rings. The van der Waals surface area contributed by atoms with Gasteiger partial charge >= 0.3 is 5.97 Å². The second-order valence-corrected chi connectivity index (χ2v) is 5.03. The van der Waals surface area contributed by atoms with Gasteiger partial charge in [0.1, 0.15) is 4.32 Å². The van der Waals surface area contributed by atoms with E-state index in [0.29, 0.717) is 5.75 Å². The van der Waals surface area contributed by atoms with Gasteiger partial charge in [0.15, 0.2) is 0 Å². The van der Waals surface area contributed by atoms with E-state index in [0.717, 1.165) is 17.4 Å². The Morgan fingerprint density at radius 1 is 1.36 bits per heavy atom. The fourth-order valence-electron chi connectivity index (χ4n) is 1.39. The van der Waals surface area contributed by atoms with Crippen LogP contribution in [0.2, 0.25) is 0 Å². The van der Waals surface area contributed by atoms with Crippen molar-refractivity contribution >= 4 is 34.3 Å². The van der Waals surface area contributed by atoms with E-state index in [4.69, 9.17) is 17.3 Å². The molecule has 0 spiro atoms. The van der Waals surface area contributed by atoms with Gasteiger partial charge < -0.3 is 10.0 Å². The van der Waals surface area contributed by atoms with Gasteiger partial charge in [0.05, 0.1) is 6.42 Å². The summed E-state index contributed by atoms with van der Waals surface area (Å²) in [5.41, 5.74) is 0. The van der Waals surface area contributed by atoms with Crippen molar-refractivity contribution in [2.24, 2.45) is 0 Å². The zero-order valence-corrected chi connectivity index (χ0v) is 9.70. The number of carbonyl (C=O) groups is 1. The summed E-state index contributed by atoms with van der Waals surface area (Å²) in [5, 5.41) is 8.47. The third kappa shape index (κ3) is 4.28. The van der Waals surface area contributed by atoms with Crippen LogP contribution in [0, 0.1) is 0 Å². The summed E-state index contributed by atoms with van der Waals surface area (Å²) in [6, 6.07) is 0. The molecule has 14 heavy (non-hydrogen) atoms. The molecule has 0 atom stereocenters. The van der Waals surface area contributed by atoms with Crippen LogP contribution >= 0.6 is 24.0 Å². The minimum absolute atomic E-state index is 0.193. The Bertz CT molecular complexity index is 215. The van der Waals surface area contributed by atoms with E-state index >= 15 is 0 Å². The largest absolute Gasteiger partial charge is 0.481 e. The molecule has 1 N–H and O–H groups in total. The van der Waals surface area contributed by atoms with Crippen LogP contribution in [0.25, 0.3) is 0 Å². The van der Waals surface area contributed by atoms with Crippen LogP contribution in [0.4, 0.5) is 0 Å². The molecule has 1 aliphatic heterocycles. The second kappa shape index (κ2) is 6.24. The molecular formula is C9H15NO2S2. The summed E-state index contributed by atoms with van der Waals surface area (Å²) in [6.07, 6.45) is 3.90. The molecule has 0 aromatic heterocycles. The van der Waals surface area contributed by atoms with E-state index in [1.54, 1.807) is 0 Å². The normalized spacial score (nSPS) is 16.7. The Morgan fingerprint density at radius 3 is 2.57 bits per heavy atom. The third-order valence-corrected chi connectivity index (χ3v) is 3.68. The van der Waals surface area contributed by atoms with Crippen molar-refractivity contribution in [1.29, 1.82) is 0 Å². The zero-order valence-electron chi connectivity index (χ0n) is 8.07. The third-order valence-electron chi connectivity index (χ3n) is 2.16. The maximum absolute atomic E-state index is 10.3. The van der Waals surface area contributed by atoms with Crippen molar-refractivity contribution in [3.8, 4) is 0 Å². The molecule has 1 aliphatic rings. The van der Waals surface area contributed by atoms with Crippen molar-refractivity contribution in [2.45, 2.75) is 25.7 Å². The van der Waals surface area contributed by atoms with E-state index in [1.165, 1.54) is 31.0 Å². The van der Waals surface area contributed by atoms with Crippen LogP contribution in [0.3, 0.4) is 0 Å². The molecule has 1 heterocycles. The highest BCUT2D eigenvalue weighted by Crippen LogP contribution is 2.16.